The van der Waals surface area contributed by atoms with Gasteiger partial charge >= 0.3 is 10.2 Å². The number of nitrogens with one attached hydrogen (secondary N) is 3. The molecule has 4 aromatic heterocycles. The highest BCUT2D eigenvalue weighted by atomic mass is 32.2. The van der Waals surface area contributed by atoms with Crippen LogP contribution in [0.15, 0.2) is 61.2 Å². The van der Waals surface area contributed by atoms with Crippen LogP contribution in [0, 0.1) is 17.6 Å². The molecule has 66 heavy (non-hydrogen) atoms. The summed E-state index contributed by atoms with van der Waals surface area (Å²) in [4.78, 5) is 74.1. The van der Waals surface area contributed by atoms with Gasteiger partial charge in [-0.1, -0.05) is 6.92 Å². The zero-order chi connectivity index (χ0) is 46.4. The summed E-state index contributed by atoms with van der Waals surface area (Å²) in [6.45, 7) is 5.49. The van der Waals surface area contributed by atoms with Gasteiger partial charge in [0.1, 0.15) is 11.5 Å². The standard InChI is InChI=1S/C45H48F2N12O6S/c1-4-55(2)66(64,65)54-35-9-8-34(46)39(40(35)47)42(62)33-25-49-43-32(33)20-27(22-48-43)28-23-50-45(51-24-28)59-17-15-58(16-18-59)38(61)19-26-11-13-57(14-12-26)29-5-6-30-36(21-29)56(3)53-41(30)31-7-10-37(60)52-44(31)63/h5-6,8-9,20-26,31,54H,4,7,10-19H2,1-3H3,(H,48,49)(H,52,60,63). The Morgan fingerprint density at radius 1 is 0.894 bits per heavy atom. The molecule has 0 radical (unpaired) electrons. The smallest absolute Gasteiger partial charge is 0.301 e. The summed E-state index contributed by atoms with van der Waals surface area (Å²) < 4.78 is 60.6. The van der Waals surface area contributed by atoms with E-state index in [9.17, 15) is 27.6 Å². The number of nitrogens with zero attached hydrogens (tertiary/aromatic N) is 9. The first kappa shape index (κ1) is 44.3. The number of fused-ring (bicyclic) bond motifs is 2. The summed E-state index contributed by atoms with van der Waals surface area (Å²) in [5.41, 5.74) is 2.55. The van der Waals surface area contributed by atoms with E-state index in [0.717, 1.165) is 59.0 Å². The number of aromatic amines is 1. The van der Waals surface area contributed by atoms with E-state index < -0.39 is 44.8 Å². The Balaban J connectivity index is 0.787. The molecule has 0 spiro atoms. The van der Waals surface area contributed by atoms with Gasteiger partial charge in [-0.25, -0.2) is 23.7 Å². The third-order valence-corrected chi connectivity index (χ3v) is 14.5. The fraction of sp³-hybridized carbons (Fsp3) is 0.378. The number of aryl methyl sites for hydroxylation is 1. The van der Waals surface area contributed by atoms with E-state index in [4.69, 9.17) is 0 Å². The number of halogens is 2. The zero-order valence-electron chi connectivity index (χ0n) is 36.6. The van der Waals surface area contributed by atoms with E-state index in [1.165, 1.54) is 13.2 Å². The highest BCUT2D eigenvalue weighted by molar-refractivity contribution is 7.90. The minimum atomic E-state index is -4.16. The molecule has 2 aromatic carbocycles. The highest BCUT2D eigenvalue weighted by Gasteiger charge is 2.33. The molecule has 3 fully saturated rings. The predicted octanol–water partition coefficient (Wildman–Crippen LogP) is 4.50. The molecule has 344 valence electrons. The molecule has 3 saturated heterocycles. The predicted molar refractivity (Wildman–Crippen MR) is 242 cm³/mol. The number of ketones is 1. The number of amides is 3. The molecular formula is C45H48F2N12O6S. The van der Waals surface area contributed by atoms with Crippen LogP contribution in [-0.4, -0.2) is 124 Å². The molecule has 6 aromatic rings. The van der Waals surface area contributed by atoms with Gasteiger partial charge in [-0.2, -0.15) is 17.8 Å². The van der Waals surface area contributed by atoms with E-state index >= 15 is 8.78 Å². The monoisotopic (exact) mass is 922 g/mol. The van der Waals surface area contributed by atoms with Gasteiger partial charge in [0.15, 0.2) is 5.82 Å². The number of rotatable bonds is 12. The van der Waals surface area contributed by atoms with E-state index in [0.29, 0.717) is 73.9 Å². The Kier molecular flexibility index (Phi) is 12.0. The van der Waals surface area contributed by atoms with Gasteiger partial charge in [-0.3, -0.25) is 33.9 Å². The van der Waals surface area contributed by atoms with Crippen molar-refractivity contribution in [1.82, 2.24) is 44.2 Å². The normalized spacial score (nSPS) is 17.5. The number of piperazine rings is 1. The number of carbonyl (C=O) groups excluding carboxylic acids is 4. The van der Waals surface area contributed by atoms with Crippen LogP contribution in [0.3, 0.4) is 0 Å². The van der Waals surface area contributed by atoms with E-state index in [1.807, 2.05) is 22.9 Å². The minimum absolute atomic E-state index is 0.0678. The first-order chi connectivity index (χ1) is 31.7. The maximum Gasteiger partial charge on any atom is 0.301 e. The molecule has 1 unspecified atom stereocenters. The van der Waals surface area contributed by atoms with Crippen molar-refractivity contribution in [2.75, 3.05) is 67.4 Å². The first-order valence-corrected chi connectivity index (χ1v) is 23.3. The molecular weight excluding hydrogens is 875 g/mol. The summed E-state index contributed by atoms with van der Waals surface area (Å²) in [7, 11) is -0.999. The fourth-order valence-electron chi connectivity index (χ4n) is 8.95. The molecule has 1 atom stereocenters. The second-order valence-electron chi connectivity index (χ2n) is 16.9. The van der Waals surface area contributed by atoms with Crippen LogP contribution < -0.4 is 19.8 Å². The molecule has 9 rings (SSSR count). The number of benzene rings is 2. The number of pyridine rings is 1. The molecule has 7 heterocycles. The third kappa shape index (κ3) is 8.55. The maximum absolute atomic E-state index is 15.6. The highest BCUT2D eigenvalue weighted by Crippen LogP contribution is 2.35. The van der Waals surface area contributed by atoms with Crippen LogP contribution in [-0.2, 0) is 31.6 Å². The molecule has 3 amide bonds. The molecule has 21 heteroatoms. The summed E-state index contributed by atoms with van der Waals surface area (Å²) in [5, 5.41) is 8.30. The lowest BCUT2D eigenvalue weighted by molar-refractivity contribution is -0.134. The van der Waals surface area contributed by atoms with Gasteiger partial charge in [-0.15, -0.1) is 0 Å². The van der Waals surface area contributed by atoms with Crippen molar-refractivity contribution in [2.45, 2.75) is 44.9 Å². The Labute approximate surface area is 378 Å². The van der Waals surface area contributed by atoms with Crippen molar-refractivity contribution < 1.29 is 36.4 Å². The molecule has 3 aliphatic rings. The van der Waals surface area contributed by atoms with Crippen molar-refractivity contribution in [2.24, 2.45) is 13.0 Å². The van der Waals surface area contributed by atoms with Gasteiger partial charge in [0, 0.05) is 131 Å². The molecule has 0 bridgehead atoms. The number of hydrogen-bond acceptors (Lipinski definition) is 12. The summed E-state index contributed by atoms with van der Waals surface area (Å²) in [5.74, 6) is -3.62. The van der Waals surface area contributed by atoms with E-state index in [-0.39, 0.29) is 41.1 Å². The van der Waals surface area contributed by atoms with Crippen molar-refractivity contribution in [3.63, 3.8) is 0 Å². The Morgan fingerprint density at radius 3 is 2.33 bits per heavy atom. The largest absolute Gasteiger partial charge is 0.371 e. The number of anilines is 3. The average molecular weight is 923 g/mol. The van der Waals surface area contributed by atoms with Crippen molar-refractivity contribution >= 4 is 73.0 Å². The number of H-pyrrole nitrogens is 1. The van der Waals surface area contributed by atoms with Gasteiger partial charge in [0.05, 0.1) is 28.4 Å². The summed E-state index contributed by atoms with van der Waals surface area (Å²) in [6, 6.07) is 9.56. The molecule has 3 N–H and O–H groups in total. The van der Waals surface area contributed by atoms with Crippen LogP contribution in [0.25, 0.3) is 33.1 Å². The Hall–Kier alpha value is -6.87. The number of hydrogen-bond donors (Lipinski definition) is 3. The summed E-state index contributed by atoms with van der Waals surface area (Å²) in [6.07, 6.45) is 9.09. The van der Waals surface area contributed by atoms with Crippen LogP contribution in [0.1, 0.15) is 66.6 Å². The maximum atomic E-state index is 15.6. The number of piperidine rings is 2. The van der Waals surface area contributed by atoms with Crippen LogP contribution >= 0.6 is 0 Å². The zero-order valence-corrected chi connectivity index (χ0v) is 37.4. The lowest BCUT2D eigenvalue weighted by atomic mass is 9.91. The van der Waals surface area contributed by atoms with Crippen LogP contribution in [0.2, 0.25) is 0 Å². The second kappa shape index (κ2) is 17.8. The lowest BCUT2D eigenvalue weighted by Gasteiger charge is -2.37. The Bertz CT molecular complexity index is 3000. The average Bonchev–Trinajstić information content (AvgIpc) is 3.90. The number of aromatic nitrogens is 6. The quantitative estimate of drug-likeness (QED) is 0.114. The number of carbonyl (C=O) groups is 4. The SMILES string of the molecule is CCN(C)S(=O)(=O)Nc1ccc(F)c(C(=O)c2c[nH]c3ncc(-c4cnc(N5CCN(C(=O)CC6CCN(c7ccc8c(C9CCC(=O)NC9=O)nn(C)c8c7)CC6)CC5)nc4)cc23)c1F. The molecule has 18 nitrogen and oxygen atoms in total. The van der Waals surface area contributed by atoms with Gasteiger partial charge in [0.25, 0.3) is 0 Å². The fourth-order valence-corrected chi connectivity index (χ4v) is 9.88. The topological polar surface area (TPSA) is 212 Å². The van der Waals surface area contributed by atoms with Crippen molar-refractivity contribution in [3.05, 3.63) is 89.6 Å². The number of imide groups is 1. The van der Waals surface area contributed by atoms with Crippen LogP contribution in [0.4, 0.5) is 26.1 Å². The summed E-state index contributed by atoms with van der Waals surface area (Å²) >= 11 is 0. The van der Waals surface area contributed by atoms with Crippen molar-refractivity contribution in [1.29, 1.82) is 0 Å². The van der Waals surface area contributed by atoms with E-state index in [1.54, 1.807) is 36.3 Å². The third-order valence-electron chi connectivity index (χ3n) is 13.0. The van der Waals surface area contributed by atoms with Crippen molar-refractivity contribution in [3.8, 4) is 11.1 Å². The second-order valence-corrected chi connectivity index (χ2v) is 18.7. The van der Waals surface area contributed by atoms with Gasteiger partial charge in [0.2, 0.25) is 29.5 Å². The molecule has 0 aliphatic carbocycles. The molecule has 0 saturated carbocycles. The van der Waals surface area contributed by atoms with Gasteiger partial charge in [-0.05, 0) is 61.6 Å². The Morgan fingerprint density at radius 2 is 1.62 bits per heavy atom. The molecule has 3 aliphatic heterocycles. The lowest BCUT2D eigenvalue weighted by Crippen LogP contribution is -2.49. The van der Waals surface area contributed by atoms with Gasteiger partial charge < -0.3 is 19.7 Å². The minimum Gasteiger partial charge on any atom is -0.371 e. The van der Waals surface area contributed by atoms with Crippen LogP contribution in [0.5, 0.6) is 0 Å². The first-order valence-electron chi connectivity index (χ1n) is 21.8. The van der Waals surface area contributed by atoms with E-state index in [2.05, 4.69) is 52.1 Å².